The molecule has 0 spiro atoms. The Morgan fingerprint density at radius 3 is 2.64 bits per heavy atom. The van der Waals surface area contributed by atoms with Crippen LogP contribution in [-0.4, -0.2) is 64.4 Å². The van der Waals surface area contributed by atoms with Crippen LogP contribution in [0.25, 0.3) is 11.1 Å². The Kier molecular flexibility index (Phi) is 6.98. The maximum atomic E-state index is 13.5. The Bertz CT molecular complexity index is 1100. The van der Waals surface area contributed by atoms with Crippen LogP contribution in [0, 0.1) is 0 Å². The van der Waals surface area contributed by atoms with Gasteiger partial charge in [0.15, 0.2) is 0 Å². The summed E-state index contributed by atoms with van der Waals surface area (Å²) in [6.45, 7) is 3.76. The normalized spacial score (nSPS) is 16.1. The topological polar surface area (TPSA) is 75.6 Å². The van der Waals surface area contributed by atoms with E-state index in [0.29, 0.717) is 37.5 Å². The third-order valence-corrected chi connectivity index (χ3v) is 5.93. The molecular formula is C26H28N4O3. The van der Waals surface area contributed by atoms with E-state index < -0.39 is 6.04 Å². The van der Waals surface area contributed by atoms with Gasteiger partial charge in [-0.2, -0.15) is 0 Å². The predicted molar refractivity (Wildman–Crippen MR) is 126 cm³/mol. The zero-order valence-electron chi connectivity index (χ0n) is 19.0. The quantitative estimate of drug-likeness (QED) is 0.558. The lowest BCUT2D eigenvalue weighted by Crippen LogP contribution is -2.59. The van der Waals surface area contributed by atoms with Gasteiger partial charge in [-0.05, 0) is 29.7 Å². The number of ether oxygens (including phenoxy) is 1. The minimum atomic E-state index is -0.585. The van der Waals surface area contributed by atoms with Crippen molar-refractivity contribution in [3.05, 3.63) is 78.2 Å². The Balaban J connectivity index is 1.67. The van der Waals surface area contributed by atoms with E-state index in [0.717, 1.165) is 23.1 Å². The predicted octanol–water partition coefficient (Wildman–Crippen LogP) is 3.46. The molecule has 1 aromatic carbocycles. The van der Waals surface area contributed by atoms with Gasteiger partial charge in [0.25, 0.3) is 5.91 Å². The van der Waals surface area contributed by atoms with E-state index >= 15 is 0 Å². The highest BCUT2D eigenvalue weighted by molar-refractivity contribution is 5.98. The van der Waals surface area contributed by atoms with Gasteiger partial charge in [-0.15, -0.1) is 0 Å². The number of hydrogen-bond donors (Lipinski definition) is 0. The number of nitrogens with zero attached hydrogens (tertiary/aromatic N) is 4. The summed E-state index contributed by atoms with van der Waals surface area (Å²) in [5.74, 6) is 0.231. The molecule has 3 heterocycles. The number of amides is 2. The van der Waals surface area contributed by atoms with Crippen LogP contribution in [0.15, 0.2) is 67.1 Å². The molecule has 2 aromatic heterocycles. The summed E-state index contributed by atoms with van der Waals surface area (Å²) in [6.07, 6.45) is 6.37. The van der Waals surface area contributed by atoms with Crippen LogP contribution in [0.2, 0.25) is 0 Å². The van der Waals surface area contributed by atoms with Gasteiger partial charge in [-0.25, -0.2) is 4.98 Å². The number of pyridine rings is 2. The lowest BCUT2D eigenvalue weighted by molar-refractivity contribution is -0.140. The van der Waals surface area contributed by atoms with Crippen molar-refractivity contribution >= 4 is 11.8 Å². The molecule has 4 rings (SSSR count). The third-order valence-electron chi connectivity index (χ3n) is 5.93. The highest BCUT2D eigenvalue weighted by atomic mass is 16.5. The van der Waals surface area contributed by atoms with Crippen LogP contribution in [0.1, 0.15) is 29.3 Å². The number of carbonyl (C=O) groups excluding carboxylic acids is 2. The second-order valence-electron chi connectivity index (χ2n) is 8.03. The molecule has 3 aromatic rings. The molecule has 0 bridgehead atoms. The number of hydrogen-bond acceptors (Lipinski definition) is 5. The Labute approximate surface area is 194 Å². The summed E-state index contributed by atoms with van der Waals surface area (Å²) < 4.78 is 5.11. The zero-order valence-corrected chi connectivity index (χ0v) is 19.0. The molecular weight excluding hydrogens is 416 g/mol. The maximum Gasteiger partial charge on any atom is 0.256 e. The third kappa shape index (κ3) is 4.87. The van der Waals surface area contributed by atoms with Crippen molar-refractivity contribution in [3.8, 4) is 17.0 Å². The monoisotopic (exact) mass is 444 g/mol. The lowest BCUT2D eigenvalue weighted by atomic mass is 9.93. The van der Waals surface area contributed by atoms with E-state index in [4.69, 9.17) is 4.74 Å². The fourth-order valence-corrected chi connectivity index (χ4v) is 4.27. The van der Waals surface area contributed by atoms with Crippen molar-refractivity contribution in [2.75, 3.05) is 26.7 Å². The largest absolute Gasteiger partial charge is 0.481 e. The molecule has 7 heteroatoms. The van der Waals surface area contributed by atoms with Crippen molar-refractivity contribution in [2.24, 2.45) is 0 Å². The van der Waals surface area contributed by atoms with E-state index in [2.05, 4.69) is 16.9 Å². The van der Waals surface area contributed by atoms with Crippen LogP contribution < -0.4 is 4.74 Å². The molecule has 0 N–H and O–H groups in total. The van der Waals surface area contributed by atoms with Crippen LogP contribution in [-0.2, 0) is 11.2 Å². The molecule has 0 saturated carbocycles. The van der Waals surface area contributed by atoms with E-state index in [9.17, 15) is 9.59 Å². The SMILES string of the molecule is CCCN1CCN(C(=O)c2ccc(OC)nc2)[C@H](Cc2ccccc2-c2cccnc2)C1=O. The van der Waals surface area contributed by atoms with Crippen molar-refractivity contribution in [1.29, 1.82) is 0 Å². The first kappa shape index (κ1) is 22.5. The standard InChI is InChI=1S/C26H28N4O3/c1-3-13-29-14-15-30(25(31)21-10-11-24(33-2)28-18-21)23(26(29)32)16-19-7-4-5-9-22(19)20-8-6-12-27-17-20/h4-12,17-18,23H,3,13-16H2,1-2H3/t23-/m1/s1. The van der Waals surface area contributed by atoms with E-state index in [1.807, 2.05) is 47.5 Å². The zero-order chi connectivity index (χ0) is 23.2. The first-order chi connectivity index (χ1) is 16.1. The molecule has 1 atom stereocenters. The number of benzene rings is 1. The van der Waals surface area contributed by atoms with Crippen molar-refractivity contribution in [2.45, 2.75) is 25.8 Å². The van der Waals surface area contributed by atoms with E-state index in [1.54, 1.807) is 23.2 Å². The second kappa shape index (κ2) is 10.3. The van der Waals surface area contributed by atoms with Crippen LogP contribution in [0.5, 0.6) is 5.88 Å². The van der Waals surface area contributed by atoms with Crippen molar-refractivity contribution in [3.63, 3.8) is 0 Å². The fraction of sp³-hybridized carbons (Fsp3) is 0.308. The highest BCUT2D eigenvalue weighted by Gasteiger charge is 2.38. The molecule has 2 amide bonds. The molecule has 0 aliphatic carbocycles. The average Bonchev–Trinajstić information content (AvgIpc) is 2.87. The summed E-state index contributed by atoms with van der Waals surface area (Å²) >= 11 is 0. The number of rotatable bonds is 7. The maximum absolute atomic E-state index is 13.5. The molecule has 1 saturated heterocycles. The first-order valence-electron chi connectivity index (χ1n) is 11.2. The smallest absolute Gasteiger partial charge is 0.256 e. The summed E-state index contributed by atoms with van der Waals surface area (Å²) in [7, 11) is 1.53. The van der Waals surface area contributed by atoms with E-state index in [-0.39, 0.29) is 11.8 Å². The second-order valence-corrected chi connectivity index (χ2v) is 8.03. The minimum absolute atomic E-state index is 0.0149. The van der Waals surface area contributed by atoms with Crippen LogP contribution in [0.4, 0.5) is 0 Å². The van der Waals surface area contributed by atoms with Gasteiger partial charge < -0.3 is 14.5 Å². The summed E-state index contributed by atoms with van der Waals surface area (Å²) in [5.41, 5.74) is 3.45. The summed E-state index contributed by atoms with van der Waals surface area (Å²) in [5, 5.41) is 0. The molecule has 1 aliphatic rings. The fourth-order valence-electron chi connectivity index (χ4n) is 4.27. The molecule has 170 valence electrons. The van der Waals surface area contributed by atoms with Gasteiger partial charge in [0.05, 0.1) is 12.7 Å². The van der Waals surface area contributed by atoms with Gasteiger partial charge in [-0.3, -0.25) is 14.6 Å². The van der Waals surface area contributed by atoms with Crippen LogP contribution in [0.3, 0.4) is 0 Å². The van der Waals surface area contributed by atoms with Gasteiger partial charge in [0.2, 0.25) is 11.8 Å². The number of methoxy groups -OCH3 is 1. The molecule has 1 fully saturated rings. The van der Waals surface area contributed by atoms with Gasteiger partial charge >= 0.3 is 0 Å². The summed E-state index contributed by atoms with van der Waals surface area (Å²) in [4.78, 5) is 38.9. The Morgan fingerprint density at radius 2 is 1.94 bits per heavy atom. The lowest BCUT2D eigenvalue weighted by Gasteiger charge is -2.41. The minimum Gasteiger partial charge on any atom is -0.481 e. The Morgan fingerprint density at radius 1 is 1.09 bits per heavy atom. The van der Waals surface area contributed by atoms with Crippen molar-refractivity contribution in [1.82, 2.24) is 19.8 Å². The van der Waals surface area contributed by atoms with Crippen LogP contribution >= 0.6 is 0 Å². The first-order valence-corrected chi connectivity index (χ1v) is 11.2. The van der Waals surface area contributed by atoms with Crippen molar-refractivity contribution < 1.29 is 14.3 Å². The van der Waals surface area contributed by atoms with Gasteiger partial charge in [-0.1, -0.05) is 37.3 Å². The molecule has 33 heavy (non-hydrogen) atoms. The Hall–Kier alpha value is -3.74. The highest BCUT2D eigenvalue weighted by Crippen LogP contribution is 2.27. The number of aromatic nitrogens is 2. The molecule has 1 aliphatic heterocycles. The number of carbonyl (C=O) groups is 2. The van der Waals surface area contributed by atoms with E-state index in [1.165, 1.54) is 13.3 Å². The average molecular weight is 445 g/mol. The van der Waals surface area contributed by atoms with Gasteiger partial charge in [0, 0.05) is 56.3 Å². The molecule has 0 radical (unpaired) electrons. The van der Waals surface area contributed by atoms with Gasteiger partial charge in [0.1, 0.15) is 6.04 Å². The molecule has 7 nitrogen and oxygen atoms in total. The molecule has 0 unspecified atom stereocenters. The number of piperazine rings is 1. The summed E-state index contributed by atoms with van der Waals surface area (Å²) in [6, 6.07) is 14.7.